The summed E-state index contributed by atoms with van der Waals surface area (Å²) in [6, 6.07) is 5.10. The lowest BCUT2D eigenvalue weighted by Gasteiger charge is -2.37. The van der Waals surface area contributed by atoms with Gasteiger partial charge in [-0.1, -0.05) is 25.5 Å². The lowest BCUT2D eigenvalue weighted by atomic mass is 10.1. The summed E-state index contributed by atoms with van der Waals surface area (Å²) in [6.07, 6.45) is 4.04. The third-order valence-electron chi connectivity index (χ3n) is 6.16. The molecule has 0 bridgehead atoms. The van der Waals surface area contributed by atoms with Crippen LogP contribution in [-0.2, 0) is 11.3 Å². The lowest BCUT2D eigenvalue weighted by Crippen LogP contribution is -2.56. The molecule has 1 aromatic carbocycles. The molecular weight excluding hydrogens is 397 g/mol. The maximum absolute atomic E-state index is 13.0. The average molecular weight is 434 g/mol. The number of rotatable bonds is 9. The molecule has 7 nitrogen and oxygen atoms in total. The minimum absolute atomic E-state index is 0.00187. The van der Waals surface area contributed by atoms with Crippen LogP contribution in [0.4, 0.5) is 9.18 Å². The molecule has 1 atom stereocenters. The number of nitrogens with one attached hydrogen (secondary N) is 2. The molecule has 0 radical (unpaired) electrons. The number of amides is 3. The predicted octanol–water partition coefficient (Wildman–Crippen LogP) is 2.03. The maximum Gasteiger partial charge on any atom is 0.315 e. The fraction of sp³-hybridized carbons (Fsp3) is 0.652. The molecule has 2 aliphatic rings. The van der Waals surface area contributed by atoms with Gasteiger partial charge in [-0.25, -0.2) is 9.18 Å². The first kappa shape index (κ1) is 23.5. The van der Waals surface area contributed by atoms with E-state index in [1.807, 2.05) is 11.8 Å². The van der Waals surface area contributed by atoms with Gasteiger partial charge in [-0.3, -0.25) is 9.69 Å². The summed E-state index contributed by atoms with van der Waals surface area (Å²) >= 11 is 0. The Hall–Kier alpha value is -2.19. The highest BCUT2D eigenvalue weighted by atomic mass is 19.1. The van der Waals surface area contributed by atoms with E-state index < -0.39 is 6.04 Å². The monoisotopic (exact) mass is 433 g/mol. The minimum Gasteiger partial charge on any atom is -0.338 e. The number of carbonyl (C=O) groups excluding carboxylic acids is 2. The molecule has 0 aromatic heterocycles. The van der Waals surface area contributed by atoms with E-state index in [9.17, 15) is 14.0 Å². The number of halogens is 1. The van der Waals surface area contributed by atoms with E-state index in [2.05, 4.69) is 20.4 Å². The van der Waals surface area contributed by atoms with Crippen molar-refractivity contribution in [2.45, 2.75) is 45.2 Å². The standard InChI is InChI=1S/C23H36FN5O2/c1-2-5-21(26-23(31)25-18-19-6-8-20(24)9-7-19)22(30)29-16-14-28(15-17-29)13-12-27-10-3-4-11-27/h6-9,21H,2-5,10-18H2,1H3,(H2,25,26,31). The number of piperazine rings is 1. The molecule has 2 aliphatic heterocycles. The number of hydrogen-bond acceptors (Lipinski definition) is 4. The predicted molar refractivity (Wildman–Crippen MR) is 119 cm³/mol. The Morgan fingerprint density at radius 1 is 0.968 bits per heavy atom. The number of nitrogens with zero attached hydrogens (tertiary/aromatic N) is 3. The molecule has 2 heterocycles. The van der Waals surface area contributed by atoms with Crippen molar-refractivity contribution in [3.63, 3.8) is 0 Å². The van der Waals surface area contributed by atoms with E-state index in [0.29, 0.717) is 19.5 Å². The molecule has 8 heteroatoms. The molecule has 31 heavy (non-hydrogen) atoms. The van der Waals surface area contributed by atoms with Crippen LogP contribution in [-0.4, -0.2) is 85.0 Å². The molecule has 3 amide bonds. The Kier molecular flexibility index (Phi) is 9.09. The van der Waals surface area contributed by atoms with E-state index in [1.54, 1.807) is 12.1 Å². The third kappa shape index (κ3) is 7.47. The van der Waals surface area contributed by atoms with Crippen LogP contribution in [0.3, 0.4) is 0 Å². The zero-order chi connectivity index (χ0) is 22.1. The van der Waals surface area contributed by atoms with E-state index in [0.717, 1.165) is 38.2 Å². The van der Waals surface area contributed by atoms with Gasteiger partial charge in [0.1, 0.15) is 11.9 Å². The molecule has 1 aromatic rings. The molecule has 0 saturated carbocycles. The topological polar surface area (TPSA) is 67.9 Å². The molecule has 172 valence electrons. The van der Waals surface area contributed by atoms with Gasteiger partial charge in [-0.2, -0.15) is 0 Å². The molecular formula is C23H36FN5O2. The van der Waals surface area contributed by atoms with Crippen LogP contribution in [0.5, 0.6) is 0 Å². The van der Waals surface area contributed by atoms with E-state index >= 15 is 0 Å². The van der Waals surface area contributed by atoms with Crippen molar-refractivity contribution in [3.05, 3.63) is 35.6 Å². The summed E-state index contributed by atoms with van der Waals surface area (Å²) < 4.78 is 13.0. The molecule has 2 saturated heterocycles. The molecule has 2 fully saturated rings. The van der Waals surface area contributed by atoms with Crippen LogP contribution < -0.4 is 10.6 Å². The van der Waals surface area contributed by atoms with Crippen molar-refractivity contribution in [1.29, 1.82) is 0 Å². The largest absolute Gasteiger partial charge is 0.338 e. The van der Waals surface area contributed by atoms with Crippen molar-refractivity contribution in [2.24, 2.45) is 0 Å². The normalized spacial score (nSPS) is 18.7. The van der Waals surface area contributed by atoms with E-state index in [1.165, 1.54) is 38.1 Å². The molecule has 0 spiro atoms. The summed E-state index contributed by atoms with van der Waals surface area (Å²) in [6.45, 7) is 10.1. The van der Waals surface area contributed by atoms with Gasteiger partial charge in [-0.15, -0.1) is 0 Å². The summed E-state index contributed by atoms with van der Waals surface area (Å²) in [7, 11) is 0. The number of urea groups is 1. The highest BCUT2D eigenvalue weighted by Crippen LogP contribution is 2.10. The van der Waals surface area contributed by atoms with Crippen molar-refractivity contribution < 1.29 is 14.0 Å². The van der Waals surface area contributed by atoms with Crippen molar-refractivity contribution in [1.82, 2.24) is 25.3 Å². The number of benzene rings is 1. The zero-order valence-corrected chi connectivity index (χ0v) is 18.6. The quantitative estimate of drug-likeness (QED) is 0.625. The van der Waals surface area contributed by atoms with Gasteiger partial charge in [0, 0.05) is 45.8 Å². The zero-order valence-electron chi connectivity index (χ0n) is 18.6. The van der Waals surface area contributed by atoms with Crippen molar-refractivity contribution in [2.75, 3.05) is 52.4 Å². The number of hydrogen-bond donors (Lipinski definition) is 2. The first-order valence-electron chi connectivity index (χ1n) is 11.6. The summed E-state index contributed by atoms with van der Waals surface area (Å²) in [5.41, 5.74) is 0.806. The fourth-order valence-corrected chi connectivity index (χ4v) is 4.24. The second-order valence-electron chi connectivity index (χ2n) is 8.51. The average Bonchev–Trinajstić information content (AvgIpc) is 3.31. The fourth-order valence-electron chi connectivity index (χ4n) is 4.24. The van der Waals surface area contributed by atoms with Gasteiger partial charge in [-0.05, 0) is 50.0 Å². The number of carbonyl (C=O) groups is 2. The first-order chi connectivity index (χ1) is 15.0. The van der Waals surface area contributed by atoms with Gasteiger partial charge in [0.15, 0.2) is 0 Å². The second-order valence-corrected chi connectivity index (χ2v) is 8.51. The van der Waals surface area contributed by atoms with Gasteiger partial charge in [0.25, 0.3) is 0 Å². The Bertz CT molecular complexity index is 700. The van der Waals surface area contributed by atoms with Crippen molar-refractivity contribution >= 4 is 11.9 Å². The second kappa shape index (κ2) is 12.0. The minimum atomic E-state index is -0.519. The van der Waals surface area contributed by atoms with Gasteiger partial charge in [0.2, 0.25) is 5.91 Å². The third-order valence-corrected chi connectivity index (χ3v) is 6.16. The smallest absolute Gasteiger partial charge is 0.315 e. The highest BCUT2D eigenvalue weighted by Gasteiger charge is 2.28. The van der Waals surface area contributed by atoms with Crippen LogP contribution in [0.2, 0.25) is 0 Å². The van der Waals surface area contributed by atoms with Crippen LogP contribution in [0.15, 0.2) is 24.3 Å². The van der Waals surface area contributed by atoms with Gasteiger partial charge in [0.05, 0.1) is 0 Å². The molecule has 1 unspecified atom stereocenters. The lowest BCUT2D eigenvalue weighted by molar-refractivity contribution is -0.135. The van der Waals surface area contributed by atoms with Gasteiger partial charge < -0.3 is 20.4 Å². The maximum atomic E-state index is 13.0. The number of likely N-dealkylation sites (tertiary alicyclic amines) is 1. The van der Waals surface area contributed by atoms with E-state index in [4.69, 9.17) is 0 Å². The van der Waals surface area contributed by atoms with Crippen molar-refractivity contribution in [3.8, 4) is 0 Å². The Morgan fingerprint density at radius 2 is 1.58 bits per heavy atom. The Labute approximate surface area is 184 Å². The summed E-state index contributed by atoms with van der Waals surface area (Å²) in [5, 5.41) is 5.59. The van der Waals surface area contributed by atoms with Crippen LogP contribution >= 0.6 is 0 Å². The SMILES string of the molecule is CCCC(NC(=O)NCc1ccc(F)cc1)C(=O)N1CCN(CCN2CCCC2)CC1. The van der Waals surface area contributed by atoms with Crippen LogP contribution in [0.25, 0.3) is 0 Å². The van der Waals surface area contributed by atoms with Crippen LogP contribution in [0, 0.1) is 5.82 Å². The highest BCUT2D eigenvalue weighted by molar-refractivity contribution is 5.87. The summed E-state index contributed by atoms with van der Waals surface area (Å²) in [4.78, 5) is 32.2. The molecule has 0 aliphatic carbocycles. The Balaban J connectivity index is 1.41. The first-order valence-corrected chi connectivity index (χ1v) is 11.6. The summed E-state index contributed by atoms with van der Waals surface area (Å²) in [5.74, 6) is -0.309. The van der Waals surface area contributed by atoms with Crippen LogP contribution in [0.1, 0.15) is 38.2 Å². The van der Waals surface area contributed by atoms with E-state index in [-0.39, 0.29) is 24.3 Å². The Morgan fingerprint density at radius 3 is 2.19 bits per heavy atom. The van der Waals surface area contributed by atoms with Gasteiger partial charge >= 0.3 is 6.03 Å². The molecule has 2 N–H and O–H groups in total. The molecule has 3 rings (SSSR count).